The highest BCUT2D eigenvalue weighted by Gasteiger charge is 2.31. The van der Waals surface area contributed by atoms with Crippen LogP contribution in [0.15, 0.2) is 12.7 Å². The predicted octanol–water partition coefficient (Wildman–Crippen LogP) is 3.90. The van der Waals surface area contributed by atoms with Gasteiger partial charge in [0, 0.05) is 32.6 Å². The number of halogens is 2. The Hall–Kier alpha value is -2.38. The minimum absolute atomic E-state index is 0.0197. The molecular weight excluding hydrogens is 374 g/mol. The smallest absolute Gasteiger partial charge is 0.187 e. The van der Waals surface area contributed by atoms with E-state index in [1.807, 2.05) is 30.7 Å². The quantitative estimate of drug-likeness (QED) is 0.730. The summed E-state index contributed by atoms with van der Waals surface area (Å²) in [5.41, 5.74) is 1.01. The molecule has 0 bridgehead atoms. The van der Waals surface area contributed by atoms with Gasteiger partial charge in [0.2, 0.25) is 0 Å². The summed E-state index contributed by atoms with van der Waals surface area (Å²) < 4.78 is 29.5. The highest BCUT2D eigenvalue weighted by atomic mass is 19.1. The van der Waals surface area contributed by atoms with E-state index < -0.39 is 0 Å². The molecule has 156 valence electrons. The van der Waals surface area contributed by atoms with Crippen LogP contribution in [0.1, 0.15) is 62.8 Å². The van der Waals surface area contributed by atoms with Crippen LogP contribution in [0.4, 0.5) is 20.4 Å². The Morgan fingerprint density at radius 3 is 2.34 bits per heavy atom. The SMILES string of the molecule is CC(C)c1ncnc(N2CCC(CN(C)c3ncnc(C4CC4)c3F)CC2)c1F. The molecule has 3 heterocycles. The molecule has 4 rings (SSSR count). The average Bonchev–Trinajstić information content (AvgIpc) is 3.54. The van der Waals surface area contributed by atoms with Gasteiger partial charge in [0.1, 0.15) is 12.7 Å². The van der Waals surface area contributed by atoms with Crippen molar-refractivity contribution >= 4 is 11.6 Å². The first kappa shape index (κ1) is 19.9. The van der Waals surface area contributed by atoms with E-state index in [0.717, 1.165) is 45.3 Å². The number of rotatable bonds is 6. The van der Waals surface area contributed by atoms with E-state index in [1.54, 1.807) is 0 Å². The van der Waals surface area contributed by atoms with Crippen molar-refractivity contribution < 1.29 is 8.78 Å². The summed E-state index contributed by atoms with van der Waals surface area (Å²) in [4.78, 5) is 20.5. The first-order chi connectivity index (χ1) is 14.0. The lowest BCUT2D eigenvalue weighted by Gasteiger charge is -2.35. The van der Waals surface area contributed by atoms with Crippen LogP contribution in [0.5, 0.6) is 0 Å². The van der Waals surface area contributed by atoms with Crippen LogP contribution in [-0.2, 0) is 0 Å². The minimum Gasteiger partial charge on any atom is -0.357 e. The molecule has 0 atom stereocenters. The summed E-state index contributed by atoms with van der Waals surface area (Å²) in [6.07, 6.45) is 6.72. The molecule has 0 radical (unpaired) electrons. The molecular formula is C21H28F2N6. The Kier molecular flexibility index (Phi) is 5.61. The van der Waals surface area contributed by atoms with Gasteiger partial charge in [0.25, 0.3) is 0 Å². The molecule has 2 aromatic heterocycles. The third-order valence-electron chi connectivity index (χ3n) is 5.91. The second kappa shape index (κ2) is 8.16. The molecule has 1 aliphatic heterocycles. The highest BCUT2D eigenvalue weighted by Crippen LogP contribution is 2.41. The van der Waals surface area contributed by atoms with Crippen molar-refractivity contribution in [2.75, 3.05) is 36.5 Å². The Labute approximate surface area is 170 Å². The second-order valence-electron chi connectivity index (χ2n) is 8.53. The summed E-state index contributed by atoms with van der Waals surface area (Å²) in [5.74, 6) is 0.856. The molecule has 1 saturated carbocycles. The van der Waals surface area contributed by atoms with Gasteiger partial charge in [0.05, 0.1) is 11.4 Å². The Morgan fingerprint density at radius 1 is 1.00 bits per heavy atom. The highest BCUT2D eigenvalue weighted by molar-refractivity contribution is 5.43. The van der Waals surface area contributed by atoms with E-state index in [2.05, 4.69) is 19.9 Å². The Morgan fingerprint density at radius 2 is 1.69 bits per heavy atom. The first-order valence-electron chi connectivity index (χ1n) is 10.4. The van der Waals surface area contributed by atoms with E-state index in [0.29, 0.717) is 28.9 Å². The van der Waals surface area contributed by atoms with Crippen LogP contribution >= 0.6 is 0 Å². The lowest BCUT2D eigenvalue weighted by Crippen LogP contribution is -2.39. The van der Waals surface area contributed by atoms with Gasteiger partial charge >= 0.3 is 0 Å². The molecule has 0 amide bonds. The molecule has 0 aromatic carbocycles. The molecule has 29 heavy (non-hydrogen) atoms. The van der Waals surface area contributed by atoms with Crippen LogP contribution in [-0.4, -0.2) is 46.6 Å². The van der Waals surface area contributed by atoms with E-state index in [1.165, 1.54) is 12.7 Å². The van der Waals surface area contributed by atoms with Crippen molar-refractivity contribution in [1.82, 2.24) is 19.9 Å². The predicted molar refractivity (Wildman–Crippen MR) is 108 cm³/mol. The zero-order valence-corrected chi connectivity index (χ0v) is 17.3. The van der Waals surface area contributed by atoms with Gasteiger partial charge in [-0.15, -0.1) is 0 Å². The van der Waals surface area contributed by atoms with E-state index >= 15 is 0 Å². The third kappa shape index (κ3) is 4.16. The molecule has 6 nitrogen and oxygen atoms in total. The molecule has 2 fully saturated rings. The number of hydrogen-bond donors (Lipinski definition) is 0. The number of nitrogens with zero attached hydrogens (tertiary/aromatic N) is 6. The van der Waals surface area contributed by atoms with E-state index in [9.17, 15) is 8.78 Å². The van der Waals surface area contributed by atoms with Crippen LogP contribution in [0.25, 0.3) is 0 Å². The lowest BCUT2D eigenvalue weighted by atomic mass is 9.96. The van der Waals surface area contributed by atoms with Crippen molar-refractivity contribution in [2.45, 2.75) is 51.4 Å². The standard InChI is InChI=1S/C21H28F2N6/c1-13(2)18-16(22)21(27-11-24-18)29-8-6-14(7-9-29)10-28(3)20-17(23)19(15-4-5-15)25-12-26-20/h11-15H,4-10H2,1-3H3. The van der Waals surface area contributed by atoms with Crippen LogP contribution < -0.4 is 9.80 Å². The minimum atomic E-state index is -0.311. The van der Waals surface area contributed by atoms with Crippen molar-refractivity contribution in [3.63, 3.8) is 0 Å². The summed E-state index contributed by atoms with van der Waals surface area (Å²) >= 11 is 0. The van der Waals surface area contributed by atoms with Crippen LogP contribution in [0.2, 0.25) is 0 Å². The summed E-state index contributed by atoms with van der Waals surface area (Å²) in [7, 11) is 1.88. The summed E-state index contributed by atoms with van der Waals surface area (Å²) in [6.45, 7) is 6.03. The molecule has 2 aliphatic rings. The molecule has 1 saturated heterocycles. The van der Waals surface area contributed by atoms with Gasteiger partial charge in [-0.25, -0.2) is 28.7 Å². The molecule has 8 heteroatoms. The Bertz CT molecular complexity index is 862. The maximum Gasteiger partial charge on any atom is 0.187 e. The van der Waals surface area contributed by atoms with Crippen molar-refractivity contribution in [3.05, 3.63) is 35.7 Å². The molecule has 0 spiro atoms. The average molecular weight is 402 g/mol. The second-order valence-corrected chi connectivity index (χ2v) is 8.53. The molecule has 0 unspecified atom stereocenters. The maximum absolute atomic E-state index is 14.8. The van der Waals surface area contributed by atoms with E-state index in [-0.39, 0.29) is 23.5 Å². The van der Waals surface area contributed by atoms with Crippen molar-refractivity contribution in [2.24, 2.45) is 5.92 Å². The topological polar surface area (TPSA) is 58.0 Å². The van der Waals surface area contributed by atoms with Gasteiger partial charge in [-0.2, -0.15) is 0 Å². The van der Waals surface area contributed by atoms with Crippen LogP contribution in [0, 0.1) is 17.6 Å². The zero-order chi connectivity index (χ0) is 20.5. The molecule has 0 N–H and O–H groups in total. The summed E-state index contributed by atoms with van der Waals surface area (Å²) in [5, 5.41) is 0. The monoisotopic (exact) mass is 402 g/mol. The molecule has 1 aliphatic carbocycles. The van der Waals surface area contributed by atoms with Gasteiger partial charge in [-0.1, -0.05) is 13.8 Å². The number of aromatic nitrogens is 4. The fraction of sp³-hybridized carbons (Fsp3) is 0.619. The number of hydrogen-bond acceptors (Lipinski definition) is 6. The summed E-state index contributed by atoms with van der Waals surface area (Å²) in [6, 6.07) is 0. The van der Waals surface area contributed by atoms with Crippen molar-refractivity contribution in [1.29, 1.82) is 0 Å². The van der Waals surface area contributed by atoms with Gasteiger partial charge in [0.15, 0.2) is 23.3 Å². The van der Waals surface area contributed by atoms with E-state index in [4.69, 9.17) is 0 Å². The lowest BCUT2D eigenvalue weighted by molar-refractivity contribution is 0.401. The first-order valence-corrected chi connectivity index (χ1v) is 10.4. The normalized spacial score (nSPS) is 17.8. The maximum atomic E-state index is 14.8. The Balaban J connectivity index is 1.38. The zero-order valence-electron chi connectivity index (χ0n) is 17.3. The molecule has 2 aromatic rings. The van der Waals surface area contributed by atoms with Crippen LogP contribution in [0.3, 0.4) is 0 Å². The fourth-order valence-electron chi connectivity index (χ4n) is 4.08. The number of anilines is 2. The third-order valence-corrected chi connectivity index (χ3v) is 5.91. The van der Waals surface area contributed by atoms with Gasteiger partial charge in [-0.3, -0.25) is 0 Å². The van der Waals surface area contributed by atoms with Gasteiger partial charge < -0.3 is 9.80 Å². The fourth-order valence-corrected chi connectivity index (χ4v) is 4.08. The van der Waals surface area contributed by atoms with Gasteiger partial charge in [-0.05, 0) is 37.5 Å². The van der Waals surface area contributed by atoms with Crippen molar-refractivity contribution in [3.8, 4) is 0 Å². The largest absolute Gasteiger partial charge is 0.357 e. The number of piperidine rings is 1.